The van der Waals surface area contributed by atoms with E-state index in [0.29, 0.717) is 4.99 Å². The van der Waals surface area contributed by atoms with Crippen LogP contribution in [-0.2, 0) is 6.54 Å². The quantitative estimate of drug-likeness (QED) is 0.865. The van der Waals surface area contributed by atoms with Crippen molar-refractivity contribution < 1.29 is 0 Å². The lowest BCUT2D eigenvalue weighted by Crippen LogP contribution is -2.38. The van der Waals surface area contributed by atoms with E-state index in [2.05, 4.69) is 32.3 Å². The molecular weight excluding hydrogens is 280 g/mol. The fourth-order valence-electron chi connectivity index (χ4n) is 1.07. The summed E-state index contributed by atoms with van der Waals surface area (Å²) >= 11 is 10.1. The maximum Gasteiger partial charge on any atom is 0.0899 e. The Morgan fingerprint density at radius 1 is 1.79 bits per heavy atom. The second-order valence-electron chi connectivity index (χ2n) is 3.25. The van der Waals surface area contributed by atoms with Gasteiger partial charge in [0.15, 0.2) is 0 Å². The SMILES string of the molecule is CC(C(N)=S)N(C)Cc1csc(Br)c1. The van der Waals surface area contributed by atoms with Gasteiger partial charge in [-0.15, -0.1) is 11.3 Å². The second-order valence-corrected chi connectivity index (χ2v) is 6.01. The molecule has 78 valence electrons. The molecule has 1 aromatic rings. The summed E-state index contributed by atoms with van der Waals surface area (Å²) in [6, 6.07) is 2.26. The van der Waals surface area contributed by atoms with Crippen molar-refractivity contribution in [2.24, 2.45) is 5.73 Å². The van der Waals surface area contributed by atoms with E-state index < -0.39 is 0 Å². The van der Waals surface area contributed by atoms with Gasteiger partial charge in [-0.05, 0) is 46.9 Å². The Morgan fingerprint density at radius 3 is 2.86 bits per heavy atom. The van der Waals surface area contributed by atoms with Crippen LogP contribution >= 0.6 is 39.5 Å². The summed E-state index contributed by atoms with van der Waals surface area (Å²) in [5, 5.41) is 2.13. The van der Waals surface area contributed by atoms with Crippen LogP contribution in [0.25, 0.3) is 0 Å². The van der Waals surface area contributed by atoms with Crippen molar-refractivity contribution in [3.05, 3.63) is 20.8 Å². The molecule has 1 atom stereocenters. The van der Waals surface area contributed by atoms with Crippen LogP contribution in [0.15, 0.2) is 15.2 Å². The first-order valence-corrected chi connectivity index (χ1v) is 6.31. The molecule has 0 radical (unpaired) electrons. The van der Waals surface area contributed by atoms with Gasteiger partial charge in [-0.25, -0.2) is 0 Å². The van der Waals surface area contributed by atoms with Crippen LogP contribution in [0.4, 0.5) is 0 Å². The van der Waals surface area contributed by atoms with Crippen LogP contribution in [-0.4, -0.2) is 23.0 Å². The molecule has 1 heterocycles. The standard InChI is InChI=1S/C9H13BrN2S2/c1-6(9(11)13)12(2)4-7-3-8(10)14-5-7/h3,5-6H,4H2,1-2H3,(H2,11,13). The Bertz CT molecular complexity index is 324. The molecule has 5 heteroatoms. The van der Waals surface area contributed by atoms with Crippen LogP contribution in [0.2, 0.25) is 0 Å². The Labute approximate surface area is 102 Å². The van der Waals surface area contributed by atoms with Gasteiger partial charge in [0.05, 0.1) is 14.8 Å². The summed E-state index contributed by atoms with van der Waals surface area (Å²) in [5.41, 5.74) is 6.86. The van der Waals surface area contributed by atoms with E-state index in [1.54, 1.807) is 11.3 Å². The Hall–Kier alpha value is 0.0300. The first-order chi connectivity index (χ1) is 6.50. The fraction of sp³-hybridized carbons (Fsp3) is 0.444. The number of hydrogen-bond acceptors (Lipinski definition) is 3. The molecule has 14 heavy (non-hydrogen) atoms. The highest BCUT2D eigenvalue weighted by Crippen LogP contribution is 2.21. The van der Waals surface area contributed by atoms with Crippen LogP contribution < -0.4 is 5.73 Å². The van der Waals surface area contributed by atoms with Gasteiger partial charge in [0.25, 0.3) is 0 Å². The zero-order valence-corrected chi connectivity index (χ0v) is 11.4. The number of nitrogens with zero attached hydrogens (tertiary/aromatic N) is 1. The number of rotatable bonds is 4. The summed E-state index contributed by atoms with van der Waals surface area (Å²) < 4.78 is 1.16. The second kappa shape index (κ2) is 5.21. The van der Waals surface area contributed by atoms with Gasteiger partial charge in [0.1, 0.15) is 0 Å². The average molecular weight is 293 g/mol. The molecule has 0 aromatic carbocycles. The van der Waals surface area contributed by atoms with Crippen molar-refractivity contribution in [3.63, 3.8) is 0 Å². The van der Waals surface area contributed by atoms with Crippen LogP contribution in [0, 0.1) is 0 Å². The molecule has 0 bridgehead atoms. The molecule has 0 aliphatic carbocycles. The van der Waals surface area contributed by atoms with E-state index in [0.717, 1.165) is 10.3 Å². The molecule has 0 fully saturated rings. The van der Waals surface area contributed by atoms with Gasteiger partial charge >= 0.3 is 0 Å². The van der Waals surface area contributed by atoms with Crippen molar-refractivity contribution >= 4 is 44.5 Å². The molecule has 0 aliphatic heterocycles. The largest absolute Gasteiger partial charge is 0.392 e. The van der Waals surface area contributed by atoms with E-state index in [1.807, 2.05) is 14.0 Å². The molecule has 1 unspecified atom stereocenters. The number of hydrogen-bond donors (Lipinski definition) is 1. The van der Waals surface area contributed by atoms with Crippen molar-refractivity contribution in [1.29, 1.82) is 0 Å². The first kappa shape index (κ1) is 12.1. The van der Waals surface area contributed by atoms with E-state index in [1.165, 1.54) is 5.56 Å². The van der Waals surface area contributed by atoms with Crippen molar-refractivity contribution in [2.45, 2.75) is 19.5 Å². The lowest BCUT2D eigenvalue weighted by molar-refractivity contribution is 0.304. The van der Waals surface area contributed by atoms with Gasteiger partial charge in [0.2, 0.25) is 0 Å². The fourth-order valence-corrected chi connectivity index (χ4v) is 2.45. The summed E-state index contributed by atoms with van der Waals surface area (Å²) in [7, 11) is 2.02. The van der Waals surface area contributed by atoms with Crippen molar-refractivity contribution in [3.8, 4) is 0 Å². The van der Waals surface area contributed by atoms with Crippen molar-refractivity contribution in [2.75, 3.05) is 7.05 Å². The highest BCUT2D eigenvalue weighted by Gasteiger charge is 2.12. The minimum Gasteiger partial charge on any atom is -0.392 e. The number of thiophene rings is 1. The Kier molecular flexibility index (Phi) is 4.50. The maximum absolute atomic E-state index is 5.58. The summed E-state index contributed by atoms with van der Waals surface area (Å²) in [4.78, 5) is 2.68. The van der Waals surface area contributed by atoms with E-state index in [-0.39, 0.29) is 6.04 Å². The Balaban J connectivity index is 2.56. The maximum atomic E-state index is 5.58. The smallest absolute Gasteiger partial charge is 0.0899 e. The lowest BCUT2D eigenvalue weighted by Gasteiger charge is -2.22. The lowest BCUT2D eigenvalue weighted by atomic mass is 10.2. The van der Waals surface area contributed by atoms with Crippen molar-refractivity contribution in [1.82, 2.24) is 4.90 Å². The number of likely N-dealkylation sites (N-methyl/N-ethyl adjacent to an activating group) is 1. The van der Waals surface area contributed by atoms with E-state index >= 15 is 0 Å². The molecule has 1 rings (SSSR count). The molecule has 0 amide bonds. The topological polar surface area (TPSA) is 29.3 Å². The molecule has 0 spiro atoms. The zero-order chi connectivity index (χ0) is 10.7. The minimum absolute atomic E-state index is 0.142. The predicted molar refractivity (Wildman–Crippen MR) is 69.7 cm³/mol. The van der Waals surface area contributed by atoms with Gasteiger partial charge in [-0.1, -0.05) is 12.2 Å². The predicted octanol–water partition coefficient (Wildman–Crippen LogP) is 2.62. The minimum atomic E-state index is 0.142. The summed E-state index contributed by atoms with van der Waals surface area (Å²) in [6.45, 7) is 2.89. The molecule has 1 aromatic heterocycles. The van der Waals surface area contributed by atoms with Crippen LogP contribution in [0.5, 0.6) is 0 Å². The number of thiocarbonyl (C=S) groups is 1. The van der Waals surface area contributed by atoms with E-state index in [4.69, 9.17) is 18.0 Å². The molecular formula is C9H13BrN2S2. The highest BCUT2D eigenvalue weighted by atomic mass is 79.9. The van der Waals surface area contributed by atoms with Gasteiger partial charge < -0.3 is 5.73 Å². The highest BCUT2D eigenvalue weighted by molar-refractivity contribution is 9.11. The van der Waals surface area contributed by atoms with Gasteiger partial charge in [-0.3, -0.25) is 4.90 Å². The summed E-state index contributed by atoms with van der Waals surface area (Å²) in [6.07, 6.45) is 0. The summed E-state index contributed by atoms with van der Waals surface area (Å²) in [5.74, 6) is 0. The molecule has 0 saturated heterocycles. The van der Waals surface area contributed by atoms with Crippen LogP contribution in [0.1, 0.15) is 12.5 Å². The first-order valence-electron chi connectivity index (χ1n) is 4.23. The van der Waals surface area contributed by atoms with Gasteiger partial charge in [-0.2, -0.15) is 0 Å². The molecule has 0 saturated carbocycles. The molecule has 0 aliphatic rings. The van der Waals surface area contributed by atoms with Crippen LogP contribution in [0.3, 0.4) is 0 Å². The third-order valence-corrected chi connectivity index (χ3v) is 4.02. The monoisotopic (exact) mass is 292 g/mol. The molecule has 2 N–H and O–H groups in total. The zero-order valence-electron chi connectivity index (χ0n) is 8.16. The third-order valence-electron chi connectivity index (χ3n) is 2.13. The normalized spacial score (nSPS) is 13.1. The van der Waals surface area contributed by atoms with E-state index in [9.17, 15) is 0 Å². The third kappa shape index (κ3) is 3.31. The number of nitrogens with two attached hydrogens (primary N) is 1. The average Bonchev–Trinajstić information content (AvgIpc) is 2.49. The molecule has 2 nitrogen and oxygen atoms in total. The number of halogens is 1. The Morgan fingerprint density at radius 2 is 2.43 bits per heavy atom. The van der Waals surface area contributed by atoms with Gasteiger partial charge in [0, 0.05) is 6.54 Å².